The number of hydrogen-bond acceptors (Lipinski definition) is 6. The summed E-state index contributed by atoms with van der Waals surface area (Å²) in [5, 5.41) is 16.0. The summed E-state index contributed by atoms with van der Waals surface area (Å²) in [5.41, 5.74) is 1.86. The van der Waals surface area contributed by atoms with Gasteiger partial charge in [0, 0.05) is 18.1 Å². The van der Waals surface area contributed by atoms with Crippen molar-refractivity contribution in [1.29, 1.82) is 0 Å². The lowest BCUT2D eigenvalue weighted by Gasteiger charge is -2.15. The van der Waals surface area contributed by atoms with Crippen LogP contribution in [0.1, 0.15) is 24.5 Å². The molecule has 0 fully saturated rings. The lowest BCUT2D eigenvalue weighted by atomic mass is 10.2. The second-order valence-electron chi connectivity index (χ2n) is 6.11. The molecule has 0 aliphatic rings. The molecule has 0 saturated carbocycles. The molecule has 0 spiro atoms. The van der Waals surface area contributed by atoms with Gasteiger partial charge in [-0.15, -0.1) is 0 Å². The number of rotatable bonds is 9. The fraction of sp³-hybridized carbons (Fsp3) is 0.316. The van der Waals surface area contributed by atoms with E-state index >= 15 is 0 Å². The average Bonchev–Trinajstić information content (AvgIpc) is 3.12. The highest BCUT2D eigenvalue weighted by atomic mass is 35.5. The fourth-order valence-corrected chi connectivity index (χ4v) is 3.17. The molecule has 3 rings (SSSR count). The first-order valence-corrected chi connectivity index (χ1v) is 9.60. The second kappa shape index (κ2) is 9.61. The first kappa shape index (κ1) is 20.2. The van der Waals surface area contributed by atoms with Gasteiger partial charge in [-0.1, -0.05) is 47.4 Å². The van der Waals surface area contributed by atoms with Gasteiger partial charge in [0.25, 0.3) is 0 Å². The van der Waals surface area contributed by atoms with Crippen molar-refractivity contribution in [2.75, 3.05) is 12.4 Å². The van der Waals surface area contributed by atoms with Crippen molar-refractivity contribution in [3.63, 3.8) is 0 Å². The number of anilines is 1. The summed E-state index contributed by atoms with van der Waals surface area (Å²) >= 11 is 12.5. The Hall–Kier alpha value is -2.51. The zero-order chi connectivity index (χ0) is 19.9. The van der Waals surface area contributed by atoms with Crippen LogP contribution in [0.15, 0.2) is 36.4 Å². The van der Waals surface area contributed by atoms with E-state index in [4.69, 9.17) is 32.7 Å². The lowest BCUT2D eigenvalue weighted by Crippen LogP contribution is -2.09. The molecule has 0 atom stereocenters. The Morgan fingerprint density at radius 1 is 1.14 bits per heavy atom. The molecule has 28 heavy (non-hydrogen) atoms. The number of nitrogens with zero attached hydrogens (tertiary/aromatic N) is 4. The topological polar surface area (TPSA) is 74.1 Å². The minimum absolute atomic E-state index is 0.333. The Morgan fingerprint density at radius 3 is 2.75 bits per heavy atom. The minimum atomic E-state index is 0.333. The van der Waals surface area contributed by atoms with E-state index in [0.717, 1.165) is 24.1 Å². The number of methoxy groups -OCH3 is 1. The number of aromatic nitrogens is 4. The SMILES string of the molecule is CCCn1nnnc1NCc1cc(Cl)c(OCc2cccc(Cl)c2)c(OC)c1. The van der Waals surface area contributed by atoms with Crippen LogP contribution in [0.5, 0.6) is 11.5 Å². The summed E-state index contributed by atoms with van der Waals surface area (Å²) in [6.07, 6.45) is 0.942. The molecule has 0 bridgehead atoms. The Morgan fingerprint density at radius 2 is 2.00 bits per heavy atom. The van der Waals surface area contributed by atoms with Crippen molar-refractivity contribution >= 4 is 29.2 Å². The second-order valence-corrected chi connectivity index (χ2v) is 6.95. The zero-order valence-corrected chi connectivity index (χ0v) is 17.2. The molecule has 7 nitrogen and oxygen atoms in total. The maximum atomic E-state index is 6.45. The monoisotopic (exact) mass is 421 g/mol. The van der Waals surface area contributed by atoms with Crippen LogP contribution >= 0.6 is 23.2 Å². The molecule has 9 heteroatoms. The summed E-state index contributed by atoms with van der Waals surface area (Å²) in [6.45, 7) is 3.64. The number of halogens is 2. The first-order valence-electron chi connectivity index (χ1n) is 8.84. The van der Waals surface area contributed by atoms with Gasteiger partial charge >= 0.3 is 0 Å². The molecule has 1 N–H and O–H groups in total. The third kappa shape index (κ3) is 5.05. The molecule has 0 aliphatic carbocycles. The van der Waals surface area contributed by atoms with Crippen LogP contribution in [0.2, 0.25) is 10.0 Å². The highest BCUT2D eigenvalue weighted by Crippen LogP contribution is 2.37. The van der Waals surface area contributed by atoms with Gasteiger partial charge in [0.1, 0.15) is 6.61 Å². The van der Waals surface area contributed by atoms with Gasteiger partial charge in [-0.25, -0.2) is 4.68 Å². The van der Waals surface area contributed by atoms with Crippen LogP contribution in [0.25, 0.3) is 0 Å². The van der Waals surface area contributed by atoms with Crippen molar-refractivity contribution in [2.24, 2.45) is 0 Å². The normalized spacial score (nSPS) is 10.7. The Labute approximate surface area is 173 Å². The van der Waals surface area contributed by atoms with Crippen molar-refractivity contribution in [3.05, 3.63) is 57.6 Å². The van der Waals surface area contributed by atoms with Gasteiger partial charge in [0.2, 0.25) is 5.95 Å². The van der Waals surface area contributed by atoms with E-state index in [-0.39, 0.29) is 0 Å². The van der Waals surface area contributed by atoms with Crippen molar-refractivity contribution in [2.45, 2.75) is 33.0 Å². The molecule has 3 aromatic rings. The van der Waals surface area contributed by atoms with Gasteiger partial charge in [-0.2, -0.15) is 0 Å². The van der Waals surface area contributed by atoms with Crippen molar-refractivity contribution in [3.8, 4) is 11.5 Å². The van der Waals surface area contributed by atoms with Crippen LogP contribution in [-0.4, -0.2) is 27.3 Å². The van der Waals surface area contributed by atoms with E-state index in [0.29, 0.717) is 40.6 Å². The van der Waals surface area contributed by atoms with E-state index in [9.17, 15) is 0 Å². The molecular formula is C19H21Cl2N5O2. The van der Waals surface area contributed by atoms with Gasteiger partial charge in [-0.05, 0) is 52.2 Å². The Kier molecular flexibility index (Phi) is 6.95. The number of hydrogen-bond donors (Lipinski definition) is 1. The molecular weight excluding hydrogens is 401 g/mol. The Bertz CT molecular complexity index is 932. The third-order valence-electron chi connectivity index (χ3n) is 3.98. The lowest BCUT2D eigenvalue weighted by molar-refractivity contribution is 0.284. The molecule has 0 saturated heterocycles. The van der Waals surface area contributed by atoms with Crippen LogP contribution in [0, 0.1) is 0 Å². The fourth-order valence-electron chi connectivity index (χ4n) is 2.67. The van der Waals surface area contributed by atoms with Gasteiger partial charge in [0.15, 0.2) is 11.5 Å². The highest BCUT2D eigenvalue weighted by molar-refractivity contribution is 6.32. The van der Waals surface area contributed by atoms with Gasteiger partial charge < -0.3 is 14.8 Å². The van der Waals surface area contributed by atoms with Crippen molar-refractivity contribution in [1.82, 2.24) is 20.2 Å². The van der Waals surface area contributed by atoms with Crippen LogP contribution in [-0.2, 0) is 19.7 Å². The van der Waals surface area contributed by atoms with Crippen LogP contribution in [0.4, 0.5) is 5.95 Å². The quantitative estimate of drug-likeness (QED) is 0.544. The summed E-state index contributed by atoms with van der Waals surface area (Å²) in [6, 6.07) is 11.2. The summed E-state index contributed by atoms with van der Waals surface area (Å²) in [5.74, 6) is 1.65. The molecule has 1 heterocycles. The van der Waals surface area contributed by atoms with Crippen LogP contribution in [0.3, 0.4) is 0 Å². The number of benzene rings is 2. The first-order chi connectivity index (χ1) is 13.6. The number of tetrazole rings is 1. The minimum Gasteiger partial charge on any atom is -0.493 e. The zero-order valence-electron chi connectivity index (χ0n) is 15.7. The van der Waals surface area contributed by atoms with E-state index in [1.165, 1.54) is 0 Å². The van der Waals surface area contributed by atoms with E-state index in [2.05, 4.69) is 27.8 Å². The molecule has 0 unspecified atom stereocenters. The molecule has 1 aromatic heterocycles. The number of ether oxygens (including phenoxy) is 2. The summed E-state index contributed by atoms with van der Waals surface area (Å²) < 4.78 is 13.1. The summed E-state index contributed by atoms with van der Waals surface area (Å²) in [4.78, 5) is 0. The molecule has 148 valence electrons. The summed E-state index contributed by atoms with van der Waals surface area (Å²) in [7, 11) is 1.58. The average molecular weight is 422 g/mol. The predicted octanol–water partition coefficient (Wildman–Crippen LogP) is 4.59. The molecule has 2 aromatic carbocycles. The maximum Gasteiger partial charge on any atom is 0.243 e. The standard InChI is InChI=1S/C19H21Cl2N5O2/c1-3-7-26-19(23-24-25-26)22-11-14-9-16(21)18(17(10-14)27-2)28-12-13-5-4-6-15(20)8-13/h4-6,8-10H,3,7,11-12H2,1-2H3,(H,22,23,25). The third-order valence-corrected chi connectivity index (χ3v) is 4.50. The van der Waals surface area contributed by atoms with E-state index < -0.39 is 0 Å². The van der Waals surface area contributed by atoms with Crippen molar-refractivity contribution < 1.29 is 9.47 Å². The Balaban J connectivity index is 1.71. The van der Waals surface area contributed by atoms with Gasteiger partial charge in [-0.3, -0.25) is 0 Å². The highest BCUT2D eigenvalue weighted by Gasteiger charge is 2.13. The maximum absolute atomic E-state index is 6.45. The largest absolute Gasteiger partial charge is 0.493 e. The van der Waals surface area contributed by atoms with E-state index in [1.807, 2.05) is 36.4 Å². The molecule has 0 amide bonds. The predicted molar refractivity (Wildman–Crippen MR) is 109 cm³/mol. The number of nitrogens with one attached hydrogen (secondary N) is 1. The number of aryl methyl sites for hydroxylation is 1. The van der Waals surface area contributed by atoms with Gasteiger partial charge in [0.05, 0.1) is 12.1 Å². The molecule has 0 aliphatic heterocycles. The molecule has 0 radical (unpaired) electrons. The van der Waals surface area contributed by atoms with E-state index in [1.54, 1.807) is 11.8 Å². The smallest absolute Gasteiger partial charge is 0.243 e. The van der Waals surface area contributed by atoms with Crippen LogP contribution < -0.4 is 14.8 Å².